The zero-order chi connectivity index (χ0) is 22.7. The first-order chi connectivity index (χ1) is 16.0. The van der Waals surface area contributed by atoms with Gasteiger partial charge < -0.3 is 9.67 Å². The van der Waals surface area contributed by atoms with Gasteiger partial charge in [0.15, 0.2) is 6.17 Å². The van der Waals surface area contributed by atoms with Crippen LogP contribution in [0, 0.1) is 0 Å². The number of nitrogens with zero attached hydrogens (tertiary/aromatic N) is 5. The molecule has 0 saturated carbocycles. The molecular weight excluding hydrogens is 444 g/mol. The summed E-state index contributed by atoms with van der Waals surface area (Å²) in [7, 11) is 0. The molecule has 0 unspecified atom stereocenters. The highest BCUT2D eigenvalue weighted by molar-refractivity contribution is 6.36. The quantitative estimate of drug-likeness (QED) is 0.406. The van der Waals surface area contributed by atoms with E-state index in [0.717, 1.165) is 11.0 Å². The van der Waals surface area contributed by atoms with Crippen molar-refractivity contribution in [1.82, 2.24) is 9.88 Å². The number of benzene rings is 3. The minimum absolute atomic E-state index is 0.0635. The highest BCUT2D eigenvalue weighted by atomic mass is 35.5. The van der Waals surface area contributed by atoms with Gasteiger partial charge in [0.2, 0.25) is 0 Å². The molecule has 0 fully saturated rings. The number of hydrogen-bond acceptors (Lipinski definition) is 7. The summed E-state index contributed by atoms with van der Waals surface area (Å²) >= 11 is 6.48. The van der Waals surface area contributed by atoms with Crippen LogP contribution in [-0.4, -0.2) is 27.7 Å². The highest BCUT2D eigenvalue weighted by Crippen LogP contribution is 2.42. The summed E-state index contributed by atoms with van der Waals surface area (Å²) < 4.78 is 2.03. The predicted octanol–water partition coefficient (Wildman–Crippen LogP) is 5.25. The van der Waals surface area contributed by atoms with Gasteiger partial charge in [-0.15, -0.1) is 10.2 Å². The number of aromatic hydroxyl groups is 1. The van der Waals surface area contributed by atoms with Crippen molar-refractivity contribution in [3.05, 3.63) is 64.7 Å². The van der Waals surface area contributed by atoms with Gasteiger partial charge in [0.25, 0.3) is 11.8 Å². The van der Waals surface area contributed by atoms with Crippen molar-refractivity contribution in [3.63, 3.8) is 0 Å². The van der Waals surface area contributed by atoms with Crippen molar-refractivity contribution in [3.8, 4) is 16.9 Å². The highest BCUT2D eigenvalue weighted by Gasteiger charge is 2.35. The number of nitrogens with one attached hydrogen (secondary N) is 1. The first kappa shape index (κ1) is 19.6. The molecule has 162 valence electrons. The Morgan fingerprint density at radius 3 is 2.48 bits per heavy atom. The first-order valence-corrected chi connectivity index (χ1v) is 10.6. The summed E-state index contributed by atoms with van der Waals surface area (Å²) in [5.41, 5.74) is 3.32. The topological polar surface area (TPSA) is 121 Å². The van der Waals surface area contributed by atoms with E-state index in [0.29, 0.717) is 39.9 Å². The van der Waals surface area contributed by atoms with Crippen LogP contribution in [-0.2, 0) is 6.54 Å². The fraction of sp³-hybridized carbons (Fsp3) is 0.130. The van der Waals surface area contributed by atoms with Crippen LogP contribution in [0.1, 0.15) is 27.1 Å². The Balaban J connectivity index is 1.70. The lowest BCUT2D eigenvalue weighted by Gasteiger charge is -2.12. The molecule has 4 aromatic rings. The molecule has 0 atom stereocenters. The second-order valence-electron chi connectivity index (χ2n) is 7.86. The van der Waals surface area contributed by atoms with E-state index in [1.807, 2.05) is 22.8 Å². The third-order valence-electron chi connectivity index (χ3n) is 6.00. The molecule has 1 aromatic heterocycles. The van der Waals surface area contributed by atoms with E-state index >= 15 is 0 Å². The molecule has 6 rings (SSSR count). The van der Waals surface area contributed by atoms with E-state index in [4.69, 9.17) is 11.6 Å². The van der Waals surface area contributed by atoms with Gasteiger partial charge in [-0.05, 0) is 46.3 Å². The number of aromatic nitrogens is 1. The molecule has 2 aliphatic heterocycles. The molecule has 0 aliphatic carbocycles. The number of imide groups is 1. The van der Waals surface area contributed by atoms with Crippen LogP contribution < -0.4 is 5.32 Å². The Bertz CT molecular complexity index is 1560. The molecule has 10 heteroatoms. The maximum Gasteiger partial charge on any atom is 0.259 e. The minimum Gasteiger partial charge on any atom is -0.508 e. The Hall–Kier alpha value is -4.11. The lowest BCUT2D eigenvalue weighted by Crippen LogP contribution is -2.20. The molecule has 2 amide bonds. The number of rotatable bonds is 4. The van der Waals surface area contributed by atoms with Crippen LogP contribution in [0.5, 0.6) is 5.75 Å². The monoisotopic (exact) mass is 458 g/mol. The van der Waals surface area contributed by atoms with Gasteiger partial charge in [0.1, 0.15) is 5.75 Å². The van der Waals surface area contributed by atoms with E-state index in [-0.39, 0.29) is 23.0 Å². The number of carbonyl (C=O) groups excluding carboxylic acids is 2. The fourth-order valence-electron chi connectivity index (χ4n) is 4.62. The Kier molecular flexibility index (Phi) is 4.27. The van der Waals surface area contributed by atoms with Gasteiger partial charge in [0, 0.05) is 39.8 Å². The standard InChI is InChI=1S/C23H15ClN6O3/c24-15-4-2-1-3-12(15)13-10-17-19(21-20(13)22(32)25-23(21)33)14-9-11(31)5-6-16(14)30(17)8-7-18-26-28-29-27-18/h1-6,9-10,18,31H,7-8H2,(H,25,32,33). The maximum atomic E-state index is 13.0. The van der Waals surface area contributed by atoms with Crippen LogP contribution >= 0.6 is 11.6 Å². The minimum atomic E-state index is -0.477. The zero-order valence-corrected chi connectivity index (χ0v) is 17.7. The number of fused-ring (bicyclic) bond motifs is 5. The summed E-state index contributed by atoms with van der Waals surface area (Å²) in [6.45, 7) is 0.504. The van der Waals surface area contributed by atoms with Crippen LogP contribution in [0.2, 0.25) is 5.02 Å². The molecule has 33 heavy (non-hydrogen) atoms. The van der Waals surface area contributed by atoms with Gasteiger partial charge in [-0.25, -0.2) is 0 Å². The second-order valence-corrected chi connectivity index (χ2v) is 8.27. The van der Waals surface area contributed by atoms with Crippen LogP contribution in [0.15, 0.2) is 69.2 Å². The predicted molar refractivity (Wildman–Crippen MR) is 121 cm³/mol. The fourth-order valence-corrected chi connectivity index (χ4v) is 4.85. The number of phenols is 1. The van der Waals surface area contributed by atoms with Crippen LogP contribution in [0.25, 0.3) is 32.9 Å². The average molecular weight is 459 g/mol. The molecule has 9 nitrogen and oxygen atoms in total. The first-order valence-electron chi connectivity index (χ1n) is 10.3. The molecule has 0 saturated heterocycles. The van der Waals surface area contributed by atoms with Gasteiger partial charge in [-0.3, -0.25) is 14.9 Å². The van der Waals surface area contributed by atoms with Crippen molar-refractivity contribution >= 4 is 45.2 Å². The molecule has 0 bridgehead atoms. The van der Waals surface area contributed by atoms with Crippen molar-refractivity contribution < 1.29 is 14.7 Å². The third kappa shape index (κ3) is 2.93. The van der Waals surface area contributed by atoms with Gasteiger partial charge in [-0.1, -0.05) is 29.8 Å². The van der Waals surface area contributed by atoms with E-state index < -0.39 is 11.8 Å². The maximum absolute atomic E-state index is 13.0. The number of hydrogen-bond donors (Lipinski definition) is 2. The Morgan fingerprint density at radius 2 is 1.70 bits per heavy atom. The van der Waals surface area contributed by atoms with Gasteiger partial charge in [-0.2, -0.15) is 0 Å². The molecule has 3 aromatic carbocycles. The molecule has 3 heterocycles. The smallest absolute Gasteiger partial charge is 0.259 e. The lowest BCUT2D eigenvalue weighted by molar-refractivity contribution is 0.0880. The largest absolute Gasteiger partial charge is 0.508 e. The van der Waals surface area contributed by atoms with Crippen molar-refractivity contribution in [2.24, 2.45) is 20.7 Å². The molecule has 0 spiro atoms. The molecule has 2 N–H and O–H groups in total. The van der Waals surface area contributed by atoms with E-state index in [9.17, 15) is 14.7 Å². The number of halogens is 1. The summed E-state index contributed by atoms with van der Waals surface area (Å²) in [6, 6.07) is 14.1. The molecule has 2 aliphatic rings. The van der Waals surface area contributed by atoms with Crippen LogP contribution in [0.4, 0.5) is 0 Å². The number of aryl methyl sites for hydroxylation is 1. The van der Waals surface area contributed by atoms with Crippen molar-refractivity contribution in [2.75, 3.05) is 0 Å². The number of carbonyl (C=O) groups is 2. The van der Waals surface area contributed by atoms with E-state index in [1.54, 1.807) is 30.3 Å². The average Bonchev–Trinajstić information content (AvgIpc) is 3.49. The van der Waals surface area contributed by atoms with E-state index in [2.05, 4.69) is 26.0 Å². The summed E-state index contributed by atoms with van der Waals surface area (Å²) in [4.78, 5) is 25.8. The van der Waals surface area contributed by atoms with Gasteiger partial charge in [0.05, 0.1) is 16.6 Å². The second kappa shape index (κ2) is 7.21. The van der Waals surface area contributed by atoms with Crippen molar-refractivity contribution in [1.29, 1.82) is 0 Å². The zero-order valence-electron chi connectivity index (χ0n) is 17.0. The third-order valence-corrected chi connectivity index (χ3v) is 6.33. The Labute approximate surface area is 191 Å². The molecular formula is C23H15ClN6O3. The lowest BCUT2D eigenvalue weighted by atomic mass is 9.93. The summed E-state index contributed by atoms with van der Waals surface area (Å²) in [6.07, 6.45) is 0.160. The number of phenolic OH excluding ortho intramolecular Hbond substituents is 1. The van der Waals surface area contributed by atoms with Crippen LogP contribution in [0.3, 0.4) is 0 Å². The Morgan fingerprint density at radius 1 is 0.939 bits per heavy atom. The SMILES string of the molecule is O=C1NC(=O)c2c1c(-c1ccccc1Cl)cc1c2c2cc(O)ccc2n1CCC1N=NN=N1. The number of amides is 2. The summed E-state index contributed by atoms with van der Waals surface area (Å²) in [5.74, 6) is -0.886. The molecule has 0 radical (unpaired) electrons. The summed E-state index contributed by atoms with van der Waals surface area (Å²) in [5, 5.41) is 29.4. The van der Waals surface area contributed by atoms with E-state index in [1.165, 1.54) is 0 Å². The normalized spacial score (nSPS) is 15.2. The van der Waals surface area contributed by atoms with Crippen molar-refractivity contribution in [2.45, 2.75) is 19.1 Å². The van der Waals surface area contributed by atoms with Gasteiger partial charge >= 0.3 is 0 Å².